The van der Waals surface area contributed by atoms with Gasteiger partial charge in [-0.2, -0.15) is 5.26 Å². The Balaban J connectivity index is 1.65. The SMILES string of the molecule is C[C@@H](CC/C=C/C(=O)Nc1ccccc1N)[C@@H](OC(=O)Nc1ccc(C#N)cc1)c1cc(I)ccc1O. The number of para-hydroxylation sites is 2. The Morgan fingerprint density at radius 3 is 2.57 bits per heavy atom. The molecule has 0 saturated carbocycles. The molecular formula is C28H27IN4O4. The Labute approximate surface area is 229 Å². The van der Waals surface area contributed by atoms with Gasteiger partial charge < -0.3 is 20.9 Å². The highest BCUT2D eigenvalue weighted by atomic mass is 127. The molecule has 3 aromatic rings. The van der Waals surface area contributed by atoms with Crippen molar-refractivity contribution in [3.63, 3.8) is 0 Å². The molecule has 8 nitrogen and oxygen atoms in total. The Morgan fingerprint density at radius 1 is 1.14 bits per heavy atom. The summed E-state index contributed by atoms with van der Waals surface area (Å²) in [6.45, 7) is 1.91. The average Bonchev–Trinajstić information content (AvgIpc) is 2.88. The molecule has 3 rings (SSSR count). The predicted octanol–water partition coefficient (Wildman–Crippen LogP) is 6.35. The number of anilines is 3. The van der Waals surface area contributed by atoms with Crippen molar-refractivity contribution < 1.29 is 19.4 Å². The Kier molecular flexibility index (Phi) is 9.92. The monoisotopic (exact) mass is 610 g/mol. The number of phenolic OH excluding ortho intramolecular Hbond substituents is 1. The molecule has 0 saturated heterocycles. The third kappa shape index (κ3) is 8.25. The van der Waals surface area contributed by atoms with Crippen molar-refractivity contribution in [3.8, 4) is 11.8 Å². The maximum atomic E-state index is 12.7. The van der Waals surface area contributed by atoms with Gasteiger partial charge in [0, 0.05) is 14.8 Å². The van der Waals surface area contributed by atoms with Crippen LogP contribution in [0.1, 0.15) is 37.0 Å². The standard InChI is InChI=1S/C28H27IN4O4/c1-18(6-2-5-9-26(35)33-24-8-4-3-7-23(24)31)27(22-16-20(29)12-15-25(22)34)37-28(36)32-21-13-10-19(17-30)11-14-21/h3-5,7-16,18,27,34H,2,6,31H2,1H3,(H,32,36)(H,33,35)/b9-5+/t18-,27+/m0/s1. The van der Waals surface area contributed by atoms with Gasteiger partial charge in [-0.1, -0.05) is 25.1 Å². The number of nitrogens with two attached hydrogens (primary N) is 1. The number of ether oxygens (including phenoxy) is 1. The van der Waals surface area contributed by atoms with Crippen LogP contribution in [0.4, 0.5) is 21.9 Å². The van der Waals surface area contributed by atoms with Crippen LogP contribution in [0, 0.1) is 20.8 Å². The predicted molar refractivity (Wildman–Crippen MR) is 152 cm³/mol. The molecule has 0 aliphatic heterocycles. The number of carbonyl (C=O) groups excluding carboxylic acids is 2. The highest BCUT2D eigenvalue weighted by Gasteiger charge is 2.26. The number of phenols is 1. The molecule has 0 aliphatic rings. The molecule has 0 radical (unpaired) electrons. The third-order valence-electron chi connectivity index (χ3n) is 5.58. The zero-order chi connectivity index (χ0) is 26.8. The lowest BCUT2D eigenvalue weighted by atomic mass is 9.92. The minimum atomic E-state index is -0.737. The van der Waals surface area contributed by atoms with Gasteiger partial charge in [-0.15, -0.1) is 0 Å². The second kappa shape index (κ2) is 13.3. The molecule has 2 atom stereocenters. The normalized spacial score (nSPS) is 12.4. The van der Waals surface area contributed by atoms with Crippen molar-refractivity contribution in [2.75, 3.05) is 16.4 Å². The minimum Gasteiger partial charge on any atom is -0.508 e. The molecule has 0 aliphatic carbocycles. The van der Waals surface area contributed by atoms with Crippen LogP contribution in [0.2, 0.25) is 0 Å². The molecule has 0 fully saturated rings. The molecular weight excluding hydrogens is 583 g/mol. The molecule has 2 amide bonds. The maximum Gasteiger partial charge on any atom is 0.412 e. The summed E-state index contributed by atoms with van der Waals surface area (Å²) in [7, 11) is 0. The van der Waals surface area contributed by atoms with Crippen molar-refractivity contribution in [1.29, 1.82) is 5.26 Å². The van der Waals surface area contributed by atoms with E-state index in [0.29, 0.717) is 41.0 Å². The fourth-order valence-electron chi connectivity index (χ4n) is 3.62. The van der Waals surface area contributed by atoms with Crippen LogP contribution in [0.25, 0.3) is 0 Å². The number of carbonyl (C=O) groups is 2. The fraction of sp³-hybridized carbons (Fsp3) is 0.179. The summed E-state index contributed by atoms with van der Waals surface area (Å²) >= 11 is 2.13. The molecule has 37 heavy (non-hydrogen) atoms. The number of allylic oxidation sites excluding steroid dienone is 1. The van der Waals surface area contributed by atoms with Gasteiger partial charge in [0.2, 0.25) is 5.91 Å². The van der Waals surface area contributed by atoms with Gasteiger partial charge >= 0.3 is 6.09 Å². The first-order chi connectivity index (χ1) is 17.8. The highest BCUT2D eigenvalue weighted by molar-refractivity contribution is 14.1. The van der Waals surface area contributed by atoms with Crippen molar-refractivity contribution in [2.24, 2.45) is 5.92 Å². The smallest absolute Gasteiger partial charge is 0.412 e. The van der Waals surface area contributed by atoms with Crippen LogP contribution < -0.4 is 16.4 Å². The number of nitrogens with zero attached hydrogens (tertiary/aromatic N) is 1. The summed E-state index contributed by atoms with van der Waals surface area (Å²) in [5, 5.41) is 24.8. The molecule has 0 bridgehead atoms. The lowest BCUT2D eigenvalue weighted by Gasteiger charge is -2.25. The minimum absolute atomic E-state index is 0.0267. The Hall–Kier alpha value is -4.04. The van der Waals surface area contributed by atoms with Crippen molar-refractivity contribution in [2.45, 2.75) is 25.9 Å². The number of aromatic hydroxyl groups is 1. The third-order valence-corrected chi connectivity index (χ3v) is 6.25. The maximum absolute atomic E-state index is 12.7. The zero-order valence-corrected chi connectivity index (χ0v) is 22.3. The largest absolute Gasteiger partial charge is 0.508 e. The number of hydrogen-bond donors (Lipinski definition) is 4. The van der Waals surface area contributed by atoms with E-state index in [0.717, 1.165) is 3.57 Å². The molecule has 9 heteroatoms. The summed E-state index contributed by atoms with van der Waals surface area (Å²) in [6, 6.07) is 20.5. The van der Waals surface area contributed by atoms with E-state index in [1.54, 1.807) is 72.8 Å². The van der Waals surface area contributed by atoms with E-state index in [1.165, 1.54) is 6.08 Å². The second-order valence-corrected chi connectivity index (χ2v) is 9.62. The topological polar surface area (TPSA) is 137 Å². The summed E-state index contributed by atoms with van der Waals surface area (Å²) in [4.78, 5) is 24.9. The number of hydrogen-bond acceptors (Lipinski definition) is 6. The summed E-state index contributed by atoms with van der Waals surface area (Å²) in [5.41, 5.74) is 8.33. The molecule has 0 spiro atoms. The zero-order valence-electron chi connectivity index (χ0n) is 20.1. The van der Waals surface area contributed by atoms with Gasteiger partial charge in [-0.05, 0) is 102 Å². The van der Waals surface area contributed by atoms with E-state index in [-0.39, 0.29) is 17.6 Å². The van der Waals surface area contributed by atoms with E-state index < -0.39 is 12.2 Å². The van der Waals surface area contributed by atoms with Gasteiger partial charge in [0.1, 0.15) is 11.9 Å². The van der Waals surface area contributed by atoms with Crippen molar-refractivity contribution in [3.05, 3.63) is 93.6 Å². The van der Waals surface area contributed by atoms with Gasteiger partial charge in [0.25, 0.3) is 0 Å². The van der Waals surface area contributed by atoms with E-state index in [4.69, 9.17) is 15.7 Å². The van der Waals surface area contributed by atoms with Crippen LogP contribution >= 0.6 is 22.6 Å². The summed E-state index contributed by atoms with van der Waals surface area (Å²) in [6.07, 6.45) is 2.88. The lowest BCUT2D eigenvalue weighted by Crippen LogP contribution is -2.22. The van der Waals surface area contributed by atoms with Crippen molar-refractivity contribution >= 4 is 51.7 Å². The second-order valence-electron chi connectivity index (χ2n) is 8.38. The van der Waals surface area contributed by atoms with Crippen LogP contribution in [0.15, 0.2) is 78.9 Å². The van der Waals surface area contributed by atoms with Crippen LogP contribution in [0.5, 0.6) is 5.75 Å². The van der Waals surface area contributed by atoms with Crippen LogP contribution in [-0.2, 0) is 9.53 Å². The van der Waals surface area contributed by atoms with Gasteiger partial charge in [0.05, 0.1) is 23.0 Å². The summed E-state index contributed by atoms with van der Waals surface area (Å²) < 4.78 is 6.65. The van der Waals surface area contributed by atoms with E-state index >= 15 is 0 Å². The average molecular weight is 610 g/mol. The number of benzene rings is 3. The molecule has 5 N–H and O–H groups in total. The highest BCUT2D eigenvalue weighted by Crippen LogP contribution is 2.36. The molecule has 190 valence electrons. The van der Waals surface area contributed by atoms with Gasteiger partial charge in [0.15, 0.2) is 0 Å². The molecule has 0 aromatic heterocycles. The van der Waals surface area contributed by atoms with Gasteiger partial charge in [-0.25, -0.2) is 4.79 Å². The number of nitrogen functional groups attached to an aromatic ring is 1. The Morgan fingerprint density at radius 2 is 1.86 bits per heavy atom. The van der Waals surface area contributed by atoms with Crippen molar-refractivity contribution in [1.82, 2.24) is 0 Å². The Bertz CT molecular complexity index is 1320. The number of rotatable bonds is 9. The van der Waals surface area contributed by atoms with Crippen LogP contribution in [-0.4, -0.2) is 17.1 Å². The van der Waals surface area contributed by atoms with Gasteiger partial charge in [-0.3, -0.25) is 10.1 Å². The number of halogens is 1. The molecule has 0 heterocycles. The fourth-order valence-corrected chi connectivity index (χ4v) is 4.13. The lowest BCUT2D eigenvalue weighted by molar-refractivity contribution is -0.111. The van der Waals surface area contributed by atoms with Crippen LogP contribution in [0.3, 0.4) is 0 Å². The first-order valence-corrected chi connectivity index (χ1v) is 12.6. The number of nitrogens with one attached hydrogen (secondary N) is 2. The summed E-state index contributed by atoms with van der Waals surface area (Å²) in [5.74, 6) is -0.456. The first kappa shape index (κ1) is 27.5. The number of nitriles is 1. The van der Waals surface area contributed by atoms with E-state index in [2.05, 4.69) is 33.2 Å². The van der Waals surface area contributed by atoms with E-state index in [1.807, 2.05) is 13.0 Å². The number of amides is 2. The first-order valence-electron chi connectivity index (χ1n) is 11.5. The quantitative estimate of drug-likeness (QED) is 0.127. The molecule has 0 unspecified atom stereocenters. The van der Waals surface area contributed by atoms with E-state index in [9.17, 15) is 14.7 Å². The molecule has 3 aromatic carbocycles.